The van der Waals surface area contributed by atoms with Crippen molar-refractivity contribution in [2.45, 2.75) is 245 Å². The first kappa shape index (κ1) is 59.6. The van der Waals surface area contributed by atoms with Crippen LogP contribution >= 0.6 is 0 Å². The van der Waals surface area contributed by atoms with Crippen LogP contribution in [0.4, 0.5) is 0 Å². The van der Waals surface area contributed by atoms with E-state index < -0.39 is 12.1 Å². The maximum atomic E-state index is 12.7. The van der Waals surface area contributed by atoms with E-state index in [1.54, 1.807) is 6.08 Å². The molecule has 1 atom stereocenters. The minimum atomic E-state index is -0.834. The second-order valence-electron chi connectivity index (χ2n) is 17.1. The standard InChI is InChI=1S/C57H96O6/c1-4-7-10-13-16-19-22-25-28-30-32-35-38-41-44-47-50-56(59)62-53-54(52-61-55(58)49-46-43-40-37-34-31-27-24-21-18-15-12-9-6-3)63-57(60)51-48-45-42-39-36-33-29-26-23-20-17-14-11-8-5-2/h8,11,15,17-18,20,24,26-27,29,36,39,45,48,54H,4-7,9-10,12-14,16,19,21-23,25,28,30-35,37-38,40-44,46-47,49-53H2,1-3H3/b11-8-,18-15-,20-17-,27-24-,29-26-,39-36-,48-45-. The number of hydrogen-bond donors (Lipinski definition) is 0. The van der Waals surface area contributed by atoms with Gasteiger partial charge in [0.2, 0.25) is 0 Å². The SMILES string of the molecule is CC/C=C\C/C=C\C/C=C\C/C=C\C/C=C\CC(=O)OC(COC(=O)CCCCCCC/C=C\C/C=C\CCCC)COC(=O)CCCCCCCCCCCCCCCCCC. The molecule has 0 saturated heterocycles. The summed E-state index contributed by atoms with van der Waals surface area (Å²) in [5.74, 6) is -1.06. The summed E-state index contributed by atoms with van der Waals surface area (Å²) in [4.78, 5) is 37.9. The minimum Gasteiger partial charge on any atom is -0.462 e. The lowest BCUT2D eigenvalue weighted by atomic mass is 10.0. The summed E-state index contributed by atoms with van der Waals surface area (Å²) in [6.45, 7) is 6.39. The Kier molecular flexibility index (Phi) is 48.5. The van der Waals surface area contributed by atoms with Crippen LogP contribution in [0.15, 0.2) is 85.1 Å². The Morgan fingerprint density at radius 2 is 0.683 bits per heavy atom. The van der Waals surface area contributed by atoms with Gasteiger partial charge in [0, 0.05) is 12.8 Å². The Bertz CT molecular complexity index is 1240. The van der Waals surface area contributed by atoms with Gasteiger partial charge >= 0.3 is 17.9 Å². The number of carbonyl (C=O) groups excluding carboxylic acids is 3. The topological polar surface area (TPSA) is 78.9 Å². The fourth-order valence-corrected chi connectivity index (χ4v) is 7.00. The molecule has 0 N–H and O–H groups in total. The molecule has 0 bridgehead atoms. The molecule has 0 aliphatic carbocycles. The third-order valence-electron chi connectivity index (χ3n) is 10.9. The van der Waals surface area contributed by atoms with Crippen LogP contribution in [-0.2, 0) is 28.6 Å². The third-order valence-corrected chi connectivity index (χ3v) is 10.9. The molecule has 0 spiro atoms. The van der Waals surface area contributed by atoms with Crippen LogP contribution in [0.2, 0.25) is 0 Å². The molecular formula is C57H96O6. The zero-order valence-electron chi connectivity index (χ0n) is 41.1. The molecular weight excluding hydrogens is 781 g/mol. The minimum absolute atomic E-state index is 0.0942. The maximum Gasteiger partial charge on any atom is 0.310 e. The first-order valence-corrected chi connectivity index (χ1v) is 26.1. The Morgan fingerprint density at radius 1 is 0.349 bits per heavy atom. The second kappa shape index (κ2) is 51.2. The summed E-state index contributed by atoms with van der Waals surface area (Å²) in [7, 11) is 0. The highest BCUT2D eigenvalue weighted by Crippen LogP contribution is 2.15. The molecule has 0 radical (unpaired) electrons. The number of unbranched alkanes of at least 4 members (excludes halogenated alkanes) is 22. The molecule has 0 saturated carbocycles. The summed E-state index contributed by atoms with van der Waals surface area (Å²) >= 11 is 0. The molecule has 0 amide bonds. The predicted octanol–water partition coefficient (Wildman–Crippen LogP) is 17.2. The van der Waals surface area contributed by atoms with E-state index in [-0.39, 0.29) is 31.6 Å². The highest BCUT2D eigenvalue weighted by Gasteiger charge is 2.19. The van der Waals surface area contributed by atoms with E-state index in [1.165, 1.54) is 103 Å². The van der Waals surface area contributed by atoms with Gasteiger partial charge in [-0.3, -0.25) is 14.4 Å². The Balaban J connectivity index is 4.51. The number of allylic oxidation sites excluding steroid dienone is 13. The predicted molar refractivity (Wildman–Crippen MR) is 270 cm³/mol. The van der Waals surface area contributed by atoms with Crippen molar-refractivity contribution in [3.8, 4) is 0 Å². The smallest absolute Gasteiger partial charge is 0.310 e. The van der Waals surface area contributed by atoms with Gasteiger partial charge < -0.3 is 14.2 Å². The Labute approximate surface area is 388 Å². The normalized spacial score (nSPS) is 12.7. The largest absolute Gasteiger partial charge is 0.462 e. The number of rotatable bonds is 46. The van der Waals surface area contributed by atoms with Crippen LogP contribution in [-0.4, -0.2) is 37.2 Å². The zero-order chi connectivity index (χ0) is 45.8. The lowest BCUT2D eigenvalue weighted by Gasteiger charge is -2.18. The molecule has 360 valence electrons. The van der Waals surface area contributed by atoms with E-state index >= 15 is 0 Å². The Hall–Kier alpha value is -3.41. The molecule has 63 heavy (non-hydrogen) atoms. The summed E-state index contributed by atoms with van der Waals surface area (Å²) in [5.41, 5.74) is 0. The van der Waals surface area contributed by atoms with Crippen LogP contribution in [0.1, 0.15) is 239 Å². The number of esters is 3. The fourth-order valence-electron chi connectivity index (χ4n) is 7.00. The molecule has 0 rings (SSSR count). The van der Waals surface area contributed by atoms with E-state index in [4.69, 9.17) is 14.2 Å². The maximum absolute atomic E-state index is 12.7. The van der Waals surface area contributed by atoms with Crippen LogP contribution in [0.3, 0.4) is 0 Å². The lowest BCUT2D eigenvalue weighted by molar-refractivity contribution is -0.166. The van der Waals surface area contributed by atoms with Crippen LogP contribution < -0.4 is 0 Å². The average Bonchev–Trinajstić information content (AvgIpc) is 3.28. The van der Waals surface area contributed by atoms with Gasteiger partial charge in [-0.1, -0.05) is 234 Å². The highest BCUT2D eigenvalue weighted by molar-refractivity contribution is 5.72. The molecule has 0 aromatic carbocycles. The zero-order valence-corrected chi connectivity index (χ0v) is 41.1. The van der Waals surface area contributed by atoms with Crippen molar-refractivity contribution < 1.29 is 28.6 Å². The van der Waals surface area contributed by atoms with Crippen LogP contribution in [0, 0.1) is 0 Å². The van der Waals surface area contributed by atoms with Crippen molar-refractivity contribution >= 4 is 17.9 Å². The van der Waals surface area contributed by atoms with Crippen molar-refractivity contribution in [1.82, 2.24) is 0 Å². The van der Waals surface area contributed by atoms with Crippen molar-refractivity contribution in [1.29, 1.82) is 0 Å². The first-order valence-electron chi connectivity index (χ1n) is 26.1. The fraction of sp³-hybridized carbons (Fsp3) is 0.702. The summed E-state index contributed by atoms with van der Waals surface area (Å²) in [5, 5.41) is 0. The van der Waals surface area contributed by atoms with Gasteiger partial charge in [-0.25, -0.2) is 0 Å². The number of hydrogen-bond acceptors (Lipinski definition) is 6. The van der Waals surface area contributed by atoms with Crippen molar-refractivity contribution in [3.05, 3.63) is 85.1 Å². The van der Waals surface area contributed by atoms with Gasteiger partial charge in [0.1, 0.15) is 13.2 Å². The average molecular weight is 877 g/mol. The van der Waals surface area contributed by atoms with E-state index in [1.807, 2.05) is 6.08 Å². The second-order valence-corrected chi connectivity index (χ2v) is 17.1. The van der Waals surface area contributed by atoms with Crippen molar-refractivity contribution in [2.75, 3.05) is 13.2 Å². The van der Waals surface area contributed by atoms with Gasteiger partial charge in [-0.15, -0.1) is 0 Å². The van der Waals surface area contributed by atoms with Gasteiger partial charge in [-0.2, -0.15) is 0 Å². The van der Waals surface area contributed by atoms with Gasteiger partial charge in [0.15, 0.2) is 6.10 Å². The quantitative estimate of drug-likeness (QED) is 0.0262. The molecule has 0 fully saturated rings. The highest BCUT2D eigenvalue weighted by atomic mass is 16.6. The molecule has 0 aliphatic heterocycles. The molecule has 0 aliphatic rings. The molecule has 0 aromatic rings. The molecule has 6 nitrogen and oxygen atoms in total. The molecule has 0 heterocycles. The van der Waals surface area contributed by atoms with E-state index in [0.717, 1.165) is 96.3 Å². The number of ether oxygens (including phenoxy) is 3. The van der Waals surface area contributed by atoms with E-state index in [2.05, 4.69) is 93.7 Å². The van der Waals surface area contributed by atoms with Gasteiger partial charge in [-0.05, 0) is 70.6 Å². The molecule has 6 heteroatoms. The van der Waals surface area contributed by atoms with E-state index in [9.17, 15) is 14.4 Å². The summed E-state index contributed by atoms with van der Waals surface area (Å²) in [6, 6.07) is 0. The summed E-state index contributed by atoms with van der Waals surface area (Å²) < 4.78 is 16.7. The Morgan fingerprint density at radius 3 is 1.10 bits per heavy atom. The van der Waals surface area contributed by atoms with Crippen LogP contribution in [0.25, 0.3) is 0 Å². The number of carbonyl (C=O) groups is 3. The third kappa shape index (κ3) is 49.5. The van der Waals surface area contributed by atoms with Gasteiger partial charge in [0.25, 0.3) is 0 Å². The molecule has 0 aromatic heterocycles. The monoisotopic (exact) mass is 877 g/mol. The van der Waals surface area contributed by atoms with Crippen molar-refractivity contribution in [2.24, 2.45) is 0 Å². The first-order chi connectivity index (χ1) is 31.0. The molecule has 1 unspecified atom stereocenters. The van der Waals surface area contributed by atoms with Gasteiger partial charge in [0.05, 0.1) is 6.42 Å². The van der Waals surface area contributed by atoms with E-state index in [0.29, 0.717) is 12.8 Å². The van der Waals surface area contributed by atoms with Crippen LogP contribution in [0.5, 0.6) is 0 Å². The van der Waals surface area contributed by atoms with Crippen molar-refractivity contribution in [3.63, 3.8) is 0 Å². The lowest BCUT2D eigenvalue weighted by Crippen LogP contribution is -2.30. The summed E-state index contributed by atoms with van der Waals surface area (Å²) in [6.07, 6.45) is 65.9.